The van der Waals surface area contributed by atoms with Crippen LogP contribution in [0.1, 0.15) is 44.9 Å². The Morgan fingerprint density at radius 2 is 1.92 bits per heavy atom. The molecule has 0 unspecified atom stereocenters. The van der Waals surface area contributed by atoms with Gasteiger partial charge >= 0.3 is 0 Å². The van der Waals surface area contributed by atoms with Crippen molar-refractivity contribution >= 4 is 32.6 Å². The zero-order valence-electron chi connectivity index (χ0n) is 14.3. The van der Waals surface area contributed by atoms with E-state index in [-0.39, 0.29) is 17.6 Å². The number of hydrogen-bond acceptors (Lipinski definition) is 4. The second kappa shape index (κ2) is 7.28. The number of fused-ring (bicyclic) bond motifs is 1. The summed E-state index contributed by atoms with van der Waals surface area (Å²) < 4.78 is 14.2. The summed E-state index contributed by atoms with van der Waals surface area (Å²) in [5.74, 6) is 0.128. The number of anilines is 1. The van der Waals surface area contributed by atoms with Gasteiger partial charge in [-0.15, -0.1) is 0 Å². The standard InChI is InChI=1S/C19H24FN3OS/c20-14-6-7-16-17(12-14)25-19(22-16)23-10-8-13(9-11-23)18(24)21-15-4-2-1-3-5-15/h6-7,12-13,15H,1-5,8-11H2,(H,21,24). The first-order valence-electron chi connectivity index (χ1n) is 9.30. The number of piperidine rings is 1. The number of amides is 1. The number of rotatable bonds is 3. The van der Waals surface area contributed by atoms with E-state index >= 15 is 0 Å². The SMILES string of the molecule is O=C(NC1CCCCC1)C1CCN(c2nc3ccc(F)cc3s2)CC1. The molecule has 1 aliphatic carbocycles. The van der Waals surface area contributed by atoms with Gasteiger partial charge in [0.15, 0.2) is 5.13 Å². The lowest BCUT2D eigenvalue weighted by Gasteiger charge is -2.32. The molecule has 6 heteroatoms. The van der Waals surface area contributed by atoms with Gasteiger partial charge in [-0.1, -0.05) is 30.6 Å². The Labute approximate surface area is 151 Å². The summed E-state index contributed by atoms with van der Waals surface area (Å²) >= 11 is 1.53. The van der Waals surface area contributed by atoms with Gasteiger partial charge in [-0.25, -0.2) is 9.37 Å². The highest BCUT2D eigenvalue weighted by atomic mass is 32.1. The summed E-state index contributed by atoms with van der Waals surface area (Å²) in [4.78, 5) is 19.4. The largest absolute Gasteiger partial charge is 0.353 e. The van der Waals surface area contributed by atoms with Gasteiger partial charge in [0.05, 0.1) is 10.2 Å². The zero-order valence-corrected chi connectivity index (χ0v) is 15.2. The Balaban J connectivity index is 1.34. The first-order chi connectivity index (χ1) is 12.2. The van der Waals surface area contributed by atoms with Gasteiger partial charge in [0, 0.05) is 25.0 Å². The van der Waals surface area contributed by atoms with Crippen molar-refractivity contribution < 1.29 is 9.18 Å². The van der Waals surface area contributed by atoms with E-state index in [0.717, 1.165) is 54.1 Å². The number of carbonyl (C=O) groups excluding carboxylic acids is 1. The van der Waals surface area contributed by atoms with Crippen molar-refractivity contribution in [2.45, 2.75) is 51.0 Å². The summed E-state index contributed by atoms with van der Waals surface area (Å²) in [5.41, 5.74) is 0.846. The number of nitrogens with zero attached hydrogens (tertiary/aromatic N) is 2. The van der Waals surface area contributed by atoms with E-state index in [1.54, 1.807) is 12.1 Å². The molecular weight excluding hydrogens is 337 g/mol. The van der Waals surface area contributed by atoms with Gasteiger partial charge in [-0.2, -0.15) is 0 Å². The van der Waals surface area contributed by atoms with Crippen LogP contribution in [-0.4, -0.2) is 30.0 Å². The predicted octanol–water partition coefficient (Wildman–Crippen LogP) is 4.10. The van der Waals surface area contributed by atoms with E-state index in [4.69, 9.17) is 0 Å². The van der Waals surface area contributed by atoms with Crippen molar-refractivity contribution in [1.82, 2.24) is 10.3 Å². The molecule has 0 bridgehead atoms. The van der Waals surface area contributed by atoms with E-state index in [1.165, 1.54) is 36.7 Å². The van der Waals surface area contributed by atoms with Crippen molar-refractivity contribution in [1.29, 1.82) is 0 Å². The van der Waals surface area contributed by atoms with Crippen molar-refractivity contribution in [2.75, 3.05) is 18.0 Å². The van der Waals surface area contributed by atoms with E-state index in [1.807, 2.05) is 0 Å². The van der Waals surface area contributed by atoms with Crippen LogP contribution < -0.4 is 10.2 Å². The van der Waals surface area contributed by atoms with Crippen LogP contribution in [0.25, 0.3) is 10.2 Å². The Morgan fingerprint density at radius 3 is 2.68 bits per heavy atom. The predicted molar refractivity (Wildman–Crippen MR) is 99.5 cm³/mol. The number of nitrogens with one attached hydrogen (secondary N) is 1. The van der Waals surface area contributed by atoms with Crippen LogP contribution in [0.2, 0.25) is 0 Å². The molecule has 1 saturated carbocycles. The smallest absolute Gasteiger partial charge is 0.223 e. The number of aromatic nitrogens is 1. The lowest BCUT2D eigenvalue weighted by atomic mass is 9.92. The van der Waals surface area contributed by atoms with Gasteiger partial charge in [-0.3, -0.25) is 4.79 Å². The molecule has 0 radical (unpaired) electrons. The minimum Gasteiger partial charge on any atom is -0.353 e. The Kier molecular flexibility index (Phi) is 4.88. The number of hydrogen-bond donors (Lipinski definition) is 1. The molecule has 2 heterocycles. The minimum absolute atomic E-state index is 0.116. The van der Waals surface area contributed by atoms with Crippen LogP contribution >= 0.6 is 11.3 Å². The molecular formula is C19H24FN3OS. The van der Waals surface area contributed by atoms with Crippen molar-refractivity contribution in [3.63, 3.8) is 0 Å². The molecule has 2 fully saturated rings. The molecule has 1 amide bonds. The quantitative estimate of drug-likeness (QED) is 0.895. The van der Waals surface area contributed by atoms with E-state index < -0.39 is 0 Å². The molecule has 2 aliphatic rings. The monoisotopic (exact) mass is 361 g/mol. The molecule has 1 aromatic carbocycles. The summed E-state index contributed by atoms with van der Waals surface area (Å²) in [7, 11) is 0. The molecule has 25 heavy (non-hydrogen) atoms. The van der Waals surface area contributed by atoms with Crippen LogP contribution in [-0.2, 0) is 4.79 Å². The molecule has 0 spiro atoms. The highest BCUT2D eigenvalue weighted by molar-refractivity contribution is 7.22. The molecule has 2 aromatic rings. The summed E-state index contributed by atoms with van der Waals surface area (Å²) in [6.07, 6.45) is 7.77. The molecule has 0 atom stereocenters. The highest BCUT2D eigenvalue weighted by Gasteiger charge is 2.28. The van der Waals surface area contributed by atoms with Crippen molar-refractivity contribution in [3.8, 4) is 0 Å². The third-order valence-electron chi connectivity index (χ3n) is 5.43. The van der Waals surface area contributed by atoms with Gasteiger partial charge in [-0.05, 0) is 43.9 Å². The number of halogens is 1. The van der Waals surface area contributed by atoms with Crippen LogP contribution in [0.3, 0.4) is 0 Å². The molecule has 1 aromatic heterocycles. The molecule has 1 N–H and O–H groups in total. The highest BCUT2D eigenvalue weighted by Crippen LogP contribution is 2.32. The second-order valence-electron chi connectivity index (χ2n) is 7.21. The fourth-order valence-corrected chi connectivity index (χ4v) is 4.96. The fraction of sp³-hybridized carbons (Fsp3) is 0.579. The Bertz CT molecular complexity index is 748. The Hall–Kier alpha value is -1.69. The van der Waals surface area contributed by atoms with E-state index in [0.29, 0.717) is 6.04 Å². The van der Waals surface area contributed by atoms with Gasteiger partial charge in [0.2, 0.25) is 5.91 Å². The third kappa shape index (κ3) is 3.78. The maximum absolute atomic E-state index is 13.3. The van der Waals surface area contributed by atoms with E-state index in [2.05, 4.69) is 15.2 Å². The lowest BCUT2D eigenvalue weighted by Crippen LogP contribution is -2.44. The minimum atomic E-state index is -0.221. The first-order valence-corrected chi connectivity index (χ1v) is 10.1. The van der Waals surface area contributed by atoms with Crippen molar-refractivity contribution in [3.05, 3.63) is 24.0 Å². The topological polar surface area (TPSA) is 45.2 Å². The average molecular weight is 361 g/mol. The van der Waals surface area contributed by atoms with E-state index in [9.17, 15) is 9.18 Å². The Morgan fingerprint density at radius 1 is 1.16 bits per heavy atom. The fourth-order valence-electron chi connectivity index (χ4n) is 3.92. The molecule has 4 nitrogen and oxygen atoms in total. The number of carbonyl (C=O) groups is 1. The van der Waals surface area contributed by atoms with Crippen LogP contribution in [0.5, 0.6) is 0 Å². The third-order valence-corrected chi connectivity index (χ3v) is 6.51. The molecule has 134 valence electrons. The average Bonchev–Trinajstić information content (AvgIpc) is 3.06. The molecule has 4 rings (SSSR count). The normalized spacial score (nSPS) is 20.1. The zero-order chi connectivity index (χ0) is 17.2. The van der Waals surface area contributed by atoms with Gasteiger partial charge in [0.1, 0.15) is 5.82 Å². The number of thiazole rings is 1. The summed E-state index contributed by atoms with van der Waals surface area (Å²) in [6, 6.07) is 5.11. The second-order valence-corrected chi connectivity index (χ2v) is 8.22. The van der Waals surface area contributed by atoms with Gasteiger partial charge < -0.3 is 10.2 Å². The molecule has 1 aliphatic heterocycles. The van der Waals surface area contributed by atoms with Gasteiger partial charge in [0.25, 0.3) is 0 Å². The maximum atomic E-state index is 13.3. The summed E-state index contributed by atoms with van der Waals surface area (Å²) in [6.45, 7) is 1.68. The van der Waals surface area contributed by atoms with Crippen molar-refractivity contribution in [2.24, 2.45) is 5.92 Å². The first kappa shape index (κ1) is 16.8. The summed E-state index contributed by atoms with van der Waals surface area (Å²) in [5, 5.41) is 4.20. The van der Waals surface area contributed by atoms with Crippen LogP contribution in [0, 0.1) is 11.7 Å². The lowest BCUT2D eigenvalue weighted by molar-refractivity contribution is -0.126. The van der Waals surface area contributed by atoms with Crippen LogP contribution in [0.15, 0.2) is 18.2 Å². The maximum Gasteiger partial charge on any atom is 0.223 e. The molecule has 1 saturated heterocycles. The van der Waals surface area contributed by atoms with Crippen LogP contribution in [0.4, 0.5) is 9.52 Å². The number of benzene rings is 1.